The van der Waals surface area contributed by atoms with Crippen LogP contribution in [0.4, 0.5) is 4.79 Å². The van der Waals surface area contributed by atoms with Crippen LogP contribution in [0.5, 0.6) is 11.6 Å². The van der Waals surface area contributed by atoms with Crippen LogP contribution < -0.4 is 20.1 Å². The molecule has 5 unspecified atom stereocenters. The van der Waals surface area contributed by atoms with Crippen molar-refractivity contribution in [2.75, 3.05) is 25.2 Å². The number of thioether (sulfide) groups is 1. The molecule has 0 radical (unpaired) electrons. The van der Waals surface area contributed by atoms with Crippen molar-refractivity contribution in [1.29, 1.82) is 0 Å². The molecule has 1 aliphatic carbocycles. The van der Waals surface area contributed by atoms with Crippen LogP contribution in [0.2, 0.25) is 0 Å². The van der Waals surface area contributed by atoms with Gasteiger partial charge in [0, 0.05) is 29.7 Å². The van der Waals surface area contributed by atoms with Crippen LogP contribution in [-0.4, -0.2) is 93.4 Å². The summed E-state index contributed by atoms with van der Waals surface area (Å²) < 4.78 is 17.1. The number of nitrogens with one attached hydrogen (secondary N) is 2. The van der Waals surface area contributed by atoms with Crippen LogP contribution in [-0.2, 0) is 19.1 Å². The molecule has 13 heteroatoms. The summed E-state index contributed by atoms with van der Waals surface area (Å²) in [6, 6.07) is 5.30. The van der Waals surface area contributed by atoms with Gasteiger partial charge in [0.25, 0.3) is 0 Å². The fraction of sp³-hybridized carbons (Fsp3) is 0.531. The van der Waals surface area contributed by atoms with E-state index in [0.717, 1.165) is 29.4 Å². The maximum absolute atomic E-state index is 14.1. The van der Waals surface area contributed by atoms with Gasteiger partial charge in [-0.25, -0.2) is 14.6 Å². The third kappa shape index (κ3) is 7.46. The van der Waals surface area contributed by atoms with Crippen LogP contribution in [0.15, 0.2) is 42.6 Å². The number of carboxylic acid groups (broad SMARTS) is 1. The van der Waals surface area contributed by atoms with E-state index in [1.54, 1.807) is 40.1 Å². The Bertz CT molecular complexity index is 1490. The number of amides is 3. The highest BCUT2D eigenvalue weighted by Gasteiger charge is 2.61. The molecule has 3 aliphatic rings. The SMILES string of the molecule is COc1ccc2c(OC3CC4C(=O)NC5(C(=O)O)CC5/C=C/CCCSCC(NC(=O)OC(C)(C)C)C(=O)N4C3)nccc2c1. The number of carboxylic acids is 1. The van der Waals surface area contributed by atoms with Crippen molar-refractivity contribution in [2.45, 2.75) is 75.8 Å². The molecule has 1 aromatic heterocycles. The van der Waals surface area contributed by atoms with Crippen molar-refractivity contribution in [3.8, 4) is 11.6 Å². The molecule has 0 spiro atoms. The van der Waals surface area contributed by atoms with E-state index in [2.05, 4.69) is 15.6 Å². The van der Waals surface area contributed by atoms with E-state index in [1.165, 1.54) is 16.7 Å². The Morgan fingerprint density at radius 2 is 2.02 bits per heavy atom. The molecule has 0 bridgehead atoms. The minimum absolute atomic E-state index is 0.0334. The van der Waals surface area contributed by atoms with E-state index < -0.39 is 53.2 Å². The van der Waals surface area contributed by atoms with Gasteiger partial charge in [-0.15, -0.1) is 0 Å². The molecule has 2 aliphatic heterocycles. The molecule has 1 saturated carbocycles. The Kier molecular flexibility index (Phi) is 9.47. The Morgan fingerprint density at radius 1 is 1.22 bits per heavy atom. The van der Waals surface area contributed by atoms with Crippen molar-refractivity contribution in [2.24, 2.45) is 5.92 Å². The number of alkyl carbamates (subject to hydrolysis) is 1. The fourth-order valence-electron chi connectivity index (χ4n) is 5.74. The zero-order valence-electron chi connectivity index (χ0n) is 25.9. The molecule has 2 aromatic rings. The highest BCUT2D eigenvalue weighted by Crippen LogP contribution is 2.45. The number of carbonyl (C=O) groups is 4. The van der Waals surface area contributed by atoms with Crippen molar-refractivity contribution >= 4 is 46.4 Å². The molecule has 45 heavy (non-hydrogen) atoms. The molecule has 242 valence electrons. The first-order chi connectivity index (χ1) is 21.4. The van der Waals surface area contributed by atoms with Crippen LogP contribution in [0, 0.1) is 5.92 Å². The average molecular weight is 641 g/mol. The third-order valence-electron chi connectivity index (χ3n) is 8.11. The molecule has 1 saturated heterocycles. The van der Waals surface area contributed by atoms with E-state index in [4.69, 9.17) is 14.2 Å². The number of carbonyl (C=O) groups excluding carboxylic acids is 3. The molecule has 1 aromatic carbocycles. The van der Waals surface area contributed by atoms with Gasteiger partial charge in [0.15, 0.2) is 0 Å². The van der Waals surface area contributed by atoms with Gasteiger partial charge in [-0.2, -0.15) is 11.8 Å². The standard InChI is InChI=1S/C32H40N4O8S/c1-31(2,3)44-30(41)34-24-18-45-13-7-5-6-8-20-16-32(20,29(39)40)35-26(37)25-15-22(17-36(25)28(24)38)43-27-23-10-9-21(42-4)14-19(23)11-12-33-27/h6,8-12,14,20,22,24-25H,5,7,13,15-18H2,1-4H3,(H,34,41)(H,35,37)(H,39,40)/b8-6+. The van der Waals surface area contributed by atoms with Gasteiger partial charge in [0.05, 0.1) is 13.7 Å². The quantitative estimate of drug-likeness (QED) is 0.413. The minimum atomic E-state index is -1.43. The number of aromatic nitrogens is 1. The summed E-state index contributed by atoms with van der Waals surface area (Å²) in [5.41, 5.74) is -2.20. The Hall–Kier alpha value is -4.00. The van der Waals surface area contributed by atoms with Gasteiger partial charge in [-0.1, -0.05) is 12.2 Å². The van der Waals surface area contributed by atoms with Gasteiger partial charge in [0.2, 0.25) is 17.7 Å². The third-order valence-corrected chi connectivity index (χ3v) is 9.25. The lowest BCUT2D eigenvalue weighted by molar-refractivity contribution is -0.145. The van der Waals surface area contributed by atoms with Gasteiger partial charge >= 0.3 is 12.1 Å². The molecule has 2 fully saturated rings. The first kappa shape index (κ1) is 32.4. The lowest BCUT2D eigenvalue weighted by Gasteiger charge is -2.30. The summed E-state index contributed by atoms with van der Waals surface area (Å²) in [6.07, 6.45) is 5.95. The highest BCUT2D eigenvalue weighted by atomic mass is 32.2. The van der Waals surface area contributed by atoms with Gasteiger partial charge < -0.3 is 34.9 Å². The summed E-state index contributed by atoms with van der Waals surface area (Å²) >= 11 is 1.52. The largest absolute Gasteiger partial charge is 0.497 e. The van der Waals surface area contributed by atoms with Crippen LogP contribution in [0.25, 0.3) is 10.8 Å². The van der Waals surface area contributed by atoms with E-state index >= 15 is 0 Å². The molecule has 12 nitrogen and oxygen atoms in total. The van der Waals surface area contributed by atoms with Crippen molar-refractivity contribution in [3.63, 3.8) is 0 Å². The molecular formula is C32H40N4O8S. The van der Waals surface area contributed by atoms with E-state index in [1.807, 2.05) is 30.4 Å². The van der Waals surface area contributed by atoms with Crippen LogP contribution >= 0.6 is 11.8 Å². The molecule has 5 atom stereocenters. The summed E-state index contributed by atoms with van der Waals surface area (Å²) in [4.78, 5) is 58.9. The Labute approximate surface area is 266 Å². The minimum Gasteiger partial charge on any atom is -0.497 e. The number of rotatable bonds is 5. The zero-order chi connectivity index (χ0) is 32.4. The fourth-order valence-corrected chi connectivity index (χ4v) is 6.74. The Morgan fingerprint density at radius 3 is 2.76 bits per heavy atom. The highest BCUT2D eigenvalue weighted by molar-refractivity contribution is 7.99. The lowest BCUT2D eigenvalue weighted by atomic mass is 10.1. The number of fused-ring (bicyclic) bond motifs is 3. The smallest absolute Gasteiger partial charge is 0.408 e. The van der Waals surface area contributed by atoms with E-state index in [0.29, 0.717) is 11.6 Å². The molecule has 3 N–H and O–H groups in total. The zero-order valence-corrected chi connectivity index (χ0v) is 26.7. The number of hydrogen-bond acceptors (Lipinski definition) is 9. The van der Waals surface area contributed by atoms with Crippen LogP contribution in [0.3, 0.4) is 0 Å². The number of allylic oxidation sites excluding steroid dienone is 1. The number of methoxy groups -OCH3 is 1. The number of nitrogens with zero attached hydrogens (tertiary/aromatic N) is 2. The van der Waals surface area contributed by atoms with Crippen molar-refractivity contribution in [3.05, 3.63) is 42.6 Å². The topological polar surface area (TPSA) is 156 Å². The first-order valence-electron chi connectivity index (χ1n) is 15.1. The monoisotopic (exact) mass is 640 g/mol. The van der Waals surface area contributed by atoms with Gasteiger partial charge in [0.1, 0.15) is 35.1 Å². The average Bonchev–Trinajstić information content (AvgIpc) is 3.51. The normalized spacial score (nSPS) is 28.0. The summed E-state index contributed by atoms with van der Waals surface area (Å²) in [6.45, 7) is 5.23. The molecular weight excluding hydrogens is 600 g/mol. The summed E-state index contributed by atoms with van der Waals surface area (Å²) in [5, 5.41) is 17.1. The number of pyridine rings is 1. The van der Waals surface area contributed by atoms with E-state index in [-0.39, 0.29) is 31.1 Å². The second kappa shape index (κ2) is 13.2. The molecule has 5 rings (SSSR count). The number of benzene rings is 1. The molecule has 3 heterocycles. The summed E-state index contributed by atoms with van der Waals surface area (Å²) in [7, 11) is 1.58. The second-order valence-electron chi connectivity index (χ2n) is 12.6. The lowest BCUT2D eigenvalue weighted by Crippen LogP contribution is -2.57. The predicted molar refractivity (Wildman–Crippen MR) is 168 cm³/mol. The van der Waals surface area contributed by atoms with Crippen molar-refractivity contribution in [1.82, 2.24) is 20.5 Å². The van der Waals surface area contributed by atoms with Crippen LogP contribution in [0.1, 0.15) is 46.5 Å². The first-order valence-corrected chi connectivity index (χ1v) is 16.2. The predicted octanol–water partition coefficient (Wildman–Crippen LogP) is 3.53. The summed E-state index contributed by atoms with van der Waals surface area (Å²) in [5.74, 6) is -0.502. The Balaban J connectivity index is 1.44. The number of ether oxygens (including phenoxy) is 3. The van der Waals surface area contributed by atoms with Gasteiger partial charge in [-0.3, -0.25) is 9.59 Å². The van der Waals surface area contributed by atoms with Crippen molar-refractivity contribution < 1.29 is 38.5 Å². The van der Waals surface area contributed by atoms with Gasteiger partial charge in [-0.05, 0) is 75.4 Å². The van der Waals surface area contributed by atoms with E-state index in [9.17, 15) is 24.3 Å². The maximum atomic E-state index is 14.1. The molecule has 3 amide bonds. The number of hydrogen-bond donors (Lipinski definition) is 3. The maximum Gasteiger partial charge on any atom is 0.408 e. The second-order valence-corrected chi connectivity index (χ2v) is 13.8. The number of aliphatic carboxylic acids is 1.